The standard InChI is InChI=1S/C16H27N3/c1-5-6-9-19-10-7-8-15(19)14-11-13(2)16(17-12-14)18(3)4/h11-12,15H,5-10H2,1-4H3/t15-/m1/s1. The van der Waals surface area contributed by atoms with Gasteiger partial charge >= 0.3 is 0 Å². The van der Waals surface area contributed by atoms with E-state index in [0.717, 1.165) is 5.82 Å². The molecular weight excluding hydrogens is 234 g/mol. The molecule has 19 heavy (non-hydrogen) atoms. The van der Waals surface area contributed by atoms with Crippen LogP contribution in [-0.4, -0.2) is 37.1 Å². The van der Waals surface area contributed by atoms with Gasteiger partial charge in [-0.2, -0.15) is 0 Å². The van der Waals surface area contributed by atoms with Crippen molar-refractivity contribution in [1.82, 2.24) is 9.88 Å². The lowest BCUT2D eigenvalue weighted by Gasteiger charge is -2.25. The SMILES string of the molecule is CCCCN1CCC[C@@H]1c1cnc(N(C)C)c(C)c1. The summed E-state index contributed by atoms with van der Waals surface area (Å²) in [5.74, 6) is 1.09. The summed E-state index contributed by atoms with van der Waals surface area (Å²) in [7, 11) is 4.11. The highest BCUT2D eigenvalue weighted by molar-refractivity contribution is 5.46. The first kappa shape index (κ1) is 14.3. The summed E-state index contributed by atoms with van der Waals surface area (Å²) in [5.41, 5.74) is 2.68. The monoisotopic (exact) mass is 261 g/mol. The highest BCUT2D eigenvalue weighted by atomic mass is 15.2. The van der Waals surface area contributed by atoms with Gasteiger partial charge in [0.25, 0.3) is 0 Å². The van der Waals surface area contributed by atoms with Crippen LogP contribution in [0.3, 0.4) is 0 Å². The van der Waals surface area contributed by atoms with Crippen LogP contribution in [0.15, 0.2) is 12.3 Å². The van der Waals surface area contributed by atoms with Crippen molar-refractivity contribution in [2.24, 2.45) is 0 Å². The van der Waals surface area contributed by atoms with E-state index in [1.165, 1.54) is 49.9 Å². The predicted molar refractivity (Wildman–Crippen MR) is 81.8 cm³/mol. The van der Waals surface area contributed by atoms with Crippen LogP contribution in [0.4, 0.5) is 5.82 Å². The minimum absolute atomic E-state index is 0.592. The lowest BCUT2D eigenvalue weighted by atomic mass is 10.0. The molecule has 1 aromatic heterocycles. The summed E-state index contributed by atoms with van der Waals surface area (Å²) in [6.45, 7) is 6.91. The van der Waals surface area contributed by atoms with E-state index in [-0.39, 0.29) is 0 Å². The van der Waals surface area contributed by atoms with E-state index in [2.05, 4.69) is 55.0 Å². The summed E-state index contributed by atoms with van der Waals surface area (Å²) in [6, 6.07) is 2.92. The largest absolute Gasteiger partial charge is 0.363 e. The van der Waals surface area contributed by atoms with Gasteiger partial charge in [0.05, 0.1) is 0 Å². The molecule has 0 radical (unpaired) electrons. The highest BCUT2D eigenvalue weighted by Gasteiger charge is 2.25. The van der Waals surface area contributed by atoms with Crippen molar-refractivity contribution in [2.45, 2.75) is 45.6 Å². The van der Waals surface area contributed by atoms with Crippen LogP contribution in [0, 0.1) is 6.92 Å². The van der Waals surface area contributed by atoms with Gasteiger partial charge in [-0.15, -0.1) is 0 Å². The van der Waals surface area contributed by atoms with Crippen molar-refractivity contribution >= 4 is 5.82 Å². The molecule has 106 valence electrons. The zero-order valence-electron chi connectivity index (χ0n) is 12.8. The predicted octanol–water partition coefficient (Wildman–Crippen LogP) is 3.39. The molecule has 1 aliphatic heterocycles. The number of anilines is 1. The molecular formula is C16H27N3. The number of unbranched alkanes of at least 4 members (excludes halogenated alkanes) is 1. The Morgan fingerprint density at radius 3 is 2.84 bits per heavy atom. The van der Waals surface area contributed by atoms with Crippen molar-refractivity contribution in [1.29, 1.82) is 0 Å². The first-order valence-corrected chi connectivity index (χ1v) is 7.51. The smallest absolute Gasteiger partial charge is 0.130 e. The second kappa shape index (κ2) is 6.38. The fourth-order valence-corrected chi connectivity index (χ4v) is 3.07. The second-order valence-electron chi connectivity index (χ2n) is 5.85. The van der Waals surface area contributed by atoms with Crippen molar-refractivity contribution in [3.8, 4) is 0 Å². The van der Waals surface area contributed by atoms with Crippen molar-refractivity contribution in [2.75, 3.05) is 32.1 Å². The van der Waals surface area contributed by atoms with Gasteiger partial charge in [0.2, 0.25) is 0 Å². The molecule has 3 heteroatoms. The Morgan fingerprint density at radius 1 is 1.42 bits per heavy atom. The summed E-state index contributed by atoms with van der Waals surface area (Å²) in [6.07, 6.45) is 7.27. The van der Waals surface area contributed by atoms with Gasteiger partial charge in [0, 0.05) is 26.3 Å². The maximum Gasteiger partial charge on any atom is 0.130 e. The average molecular weight is 261 g/mol. The first-order chi connectivity index (χ1) is 9.13. The molecule has 0 amide bonds. The summed E-state index contributed by atoms with van der Waals surface area (Å²) in [5, 5.41) is 0. The van der Waals surface area contributed by atoms with Gasteiger partial charge in [-0.05, 0) is 56.5 Å². The second-order valence-corrected chi connectivity index (χ2v) is 5.85. The van der Waals surface area contributed by atoms with Crippen LogP contribution >= 0.6 is 0 Å². The van der Waals surface area contributed by atoms with Gasteiger partial charge < -0.3 is 4.90 Å². The molecule has 1 atom stereocenters. The lowest BCUT2D eigenvalue weighted by Crippen LogP contribution is -2.24. The summed E-state index contributed by atoms with van der Waals surface area (Å²) < 4.78 is 0. The number of likely N-dealkylation sites (tertiary alicyclic amines) is 1. The third-order valence-corrected chi connectivity index (χ3v) is 4.04. The van der Waals surface area contributed by atoms with Gasteiger partial charge in [0.1, 0.15) is 5.82 Å². The maximum absolute atomic E-state index is 4.64. The van der Waals surface area contributed by atoms with E-state index in [1.54, 1.807) is 0 Å². The molecule has 3 nitrogen and oxygen atoms in total. The Morgan fingerprint density at radius 2 is 2.21 bits per heavy atom. The van der Waals surface area contributed by atoms with E-state index >= 15 is 0 Å². The molecule has 0 saturated carbocycles. The molecule has 0 unspecified atom stereocenters. The topological polar surface area (TPSA) is 19.4 Å². The number of aryl methyl sites for hydroxylation is 1. The Kier molecular flexibility index (Phi) is 4.81. The van der Waals surface area contributed by atoms with Crippen molar-refractivity contribution < 1.29 is 0 Å². The van der Waals surface area contributed by atoms with Crippen molar-refractivity contribution in [3.05, 3.63) is 23.4 Å². The van der Waals surface area contributed by atoms with Gasteiger partial charge in [0.15, 0.2) is 0 Å². The van der Waals surface area contributed by atoms with Crippen LogP contribution in [-0.2, 0) is 0 Å². The van der Waals surface area contributed by atoms with Crippen molar-refractivity contribution in [3.63, 3.8) is 0 Å². The number of hydrogen-bond donors (Lipinski definition) is 0. The molecule has 2 heterocycles. The molecule has 0 N–H and O–H groups in total. The van der Waals surface area contributed by atoms with Crippen LogP contribution in [0.5, 0.6) is 0 Å². The van der Waals surface area contributed by atoms with Gasteiger partial charge in [-0.1, -0.05) is 13.3 Å². The number of rotatable bonds is 5. The maximum atomic E-state index is 4.64. The Labute approximate surface area is 117 Å². The quantitative estimate of drug-likeness (QED) is 0.810. The molecule has 1 aliphatic rings. The minimum Gasteiger partial charge on any atom is -0.363 e. The molecule has 0 aromatic carbocycles. The molecule has 1 fully saturated rings. The van der Waals surface area contributed by atoms with Gasteiger partial charge in [-0.25, -0.2) is 4.98 Å². The van der Waals surface area contributed by atoms with Gasteiger partial charge in [-0.3, -0.25) is 4.90 Å². The van der Waals surface area contributed by atoms with Crippen LogP contribution in [0.1, 0.15) is 49.8 Å². The Hall–Kier alpha value is -1.09. The molecule has 0 spiro atoms. The fraction of sp³-hybridized carbons (Fsp3) is 0.688. The van der Waals surface area contributed by atoms with E-state index in [1.807, 2.05) is 0 Å². The number of hydrogen-bond acceptors (Lipinski definition) is 3. The third kappa shape index (κ3) is 3.27. The van der Waals surface area contributed by atoms with E-state index in [0.29, 0.717) is 6.04 Å². The first-order valence-electron chi connectivity index (χ1n) is 7.51. The minimum atomic E-state index is 0.592. The number of aromatic nitrogens is 1. The third-order valence-electron chi connectivity index (χ3n) is 4.04. The van der Waals surface area contributed by atoms with Crippen LogP contribution in [0.25, 0.3) is 0 Å². The molecule has 0 bridgehead atoms. The molecule has 1 saturated heterocycles. The normalized spacial score (nSPS) is 19.9. The fourth-order valence-electron chi connectivity index (χ4n) is 3.07. The number of nitrogens with zero attached hydrogens (tertiary/aromatic N) is 3. The molecule has 2 rings (SSSR count). The Balaban J connectivity index is 2.14. The van der Waals surface area contributed by atoms with Crippen LogP contribution < -0.4 is 4.90 Å². The Bertz CT molecular complexity index is 414. The van der Waals surface area contributed by atoms with E-state index in [4.69, 9.17) is 0 Å². The lowest BCUT2D eigenvalue weighted by molar-refractivity contribution is 0.253. The zero-order valence-corrected chi connectivity index (χ0v) is 12.8. The zero-order chi connectivity index (χ0) is 13.8. The van der Waals surface area contributed by atoms with Crippen LogP contribution in [0.2, 0.25) is 0 Å². The highest BCUT2D eigenvalue weighted by Crippen LogP contribution is 2.33. The number of pyridine rings is 1. The molecule has 1 aromatic rings. The summed E-state index contributed by atoms with van der Waals surface area (Å²) in [4.78, 5) is 9.36. The molecule has 0 aliphatic carbocycles. The van der Waals surface area contributed by atoms with E-state index in [9.17, 15) is 0 Å². The van der Waals surface area contributed by atoms with E-state index < -0.39 is 0 Å². The average Bonchev–Trinajstić information content (AvgIpc) is 2.83. The summed E-state index contributed by atoms with van der Waals surface area (Å²) >= 11 is 0.